The van der Waals surface area contributed by atoms with Crippen LogP contribution >= 0.6 is 0 Å². The Morgan fingerprint density at radius 2 is 2.06 bits per heavy atom. The summed E-state index contributed by atoms with van der Waals surface area (Å²) in [4.78, 5) is 17.5. The van der Waals surface area contributed by atoms with Gasteiger partial charge in [0.05, 0.1) is 7.11 Å². The zero-order valence-corrected chi connectivity index (χ0v) is 10.7. The molecule has 0 radical (unpaired) electrons. The number of hydrogen-bond donors (Lipinski definition) is 0. The lowest BCUT2D eigenvalue weighted by Crippen LogP contribution is -2.21. The summed E-state index contributed by atoms with van der Waals surface area (Å²) in [5.74, 6) is 0.130. The number of ether oxygens (including phenoxy) is 2. The van der Waals surface area contributed by atoms with E-state index in [9.17, 15) is 4.79 Å². The van der Waals surface area contributed by atoms with Crippen LogP contribution in [0.3, 0.4) is 0 Å². The van der Waals surface area contributed by atoms with Crippen molar-refractivity contribution in [2.24, 2.45) is 4.99 Å². The first-order valence-electron chi connectivity index (χ1n) is 5.68. The molecule has 1 atom stereocenters. The van der Waals surface area contributed by atoms with Crippen molar-refractivity contribution in [2.45, 2.75) is 6.04 Å². The number of aliphatic imine (C=N–C) groups is 1. The minimum Gasteiger partial charge on any atom is -0.475 e. The zero-order chi connectivity index (χ0) is 13.1. The Morgan fingerprint density at radius 3 is 2.61 bits per heavy atom. The van der Waals surface area contributed by atoms with Gasteiger partial charge in [0.25, 0.3) is 0 Å². The largest absolute Gasteiger partial charge is 0.475 e. The van der Waals surface area contributed by atoms with Gasteiger partial charge in [0.1, 0.15) is 6.61 Å². The van der Waals surface area contributed by atoms with Crippen LogP contribution in [0.25, 0.3) is 0 Å². The van der Waals surface area contributed by atoms with Gasteiger partial charge in [-0.25, -0.2) is 9.79 Å². The molecular weight excluding hydrogens is 232 g/mol. The molecule has 0 bridgehead atoms. The molecule has 1 heterocycles. The van der Waals surface area contributed by atoms with E-state index in [-0.39, 0.29) is 12.6 Å². The van der Waals surface area contributed by atoms with E-state index in [4.69, 9.17) is 4.74 Å². The topological polar surface area (TPSA) is 51.1 Å². The van der Waals surface area contributed by atoms with Crippen molar-refractivity contribution in [3.05, 3.63) is 29.8 Å². The highest BCUT2D eigenvalue weighted by atomic mass is 16.5. The van der Waals surface area contributed by atoms with Gasteiger partial charge in [-0.3, -0.25) is 0 Å². The first kappa shape index (κ1) is 12.4. The van der Waals surface area contributed by atoms with Crippen molar-refractivity contribution in [1.29, 1.82) is 0 Å². The number of benzene rings is 1. The fourth-order valence-electron chi connectivity index (χ4n) is 1.69. The van der Waals surface area contributed by atoms with E-state index in [0.29, 0.717) is 5.90 Å². The highest BCUT2D eigenvalue weighted by Gasteiger charge is 2.27. The summed E-state index contributed by atoms with van der Waals surface area (Å²) in [5.41, 5.74) is 1.97. The summed E-state index contributed by atoms with van der Waals surface area (Å²) in [6.07, 6.45) is 0. The molecule has 0 unspecified atom stereocenters. The van der Waals surface area contributed by atoms with Crippen molar-refractivity contribution in [3.63, 3.8) is 0 Å². The average molecular weight is 248 g/mol. The normalized spacial score (nSPS) is 17.9. The van der Waals surface area contributed by atoms with Crippen molar-refractivity contribution in [3.8, 4) is 0 Å². The van der Waals surface area contributed by atoms with E-state index in [1.807, 2.05) is 43.3 Å². The lowest BCUT2D eigenvalue weighted by atomic mass is 10.2. The molecule has 1 aromatic rings. The van der Waals surface area contributed by atoms with E-state index < -0.39 is 6.04 Å². The molecule has 2 rings (SSSR count). The van der Waals surface area contributed by atoms with E-state index >= 15 is 0 Å². The van der Waals surface area contributed by atoms with Crippen molar-refractivity contribution < 1.29 is 14.3 Å². The molecule has 18 heavy (non-hydrogen) atoms. The molecular formula is C13H16N2O3. The Bertz CT molecular complexity index is 466. The Kier molecular flexibility index (Phi) is 3.50. The summed E-state index contributed by atoms with van der Waals surface area (Å²) in [7, 11) is 5.31. The number of nitrogens with zero attached hydrogens (tertiary/aromatic N) is 2. The predicted octanol–water partition coefficient (Wildman–Crippen LogP) is 1.07. The standard InChI is InChI=1S/C13H16N2O3/c1-15(2)10-6-4-9(5-7-10)12-14-11(8-18-12)13(16)17-3/h4-7,11H,8H2,1-3H3/t11-/m1/s1. The van der Waals surface area contributed by atoms with Gasteiger partial charge < -0.3 is 14.4 Å². The molecule has 0 saturated carbocycles. The second-order valence-corrected chi connectivity index (χ2v) is 4.23. The fraction of sp³-hybridized carbons (Fsp3) is 0.385. The minimum absolute atomic E-state index is 0.247. The highest BCUT2D eigenvalue weighted by molar-refractivity contribution is 5.97. The summed E-state index contributed by atoms with van der Waals surface area (Å²) < 4.78 is 10.0. The van der Waals surface area contributed by atoms with Crippen LogP contribution in [0.4, 0.5) is 5.69 Å². The summed E-state index contributed by atoms with van der Waals surface area (Å²) in [6, 6.07) is 7.26. The Hall–Kier alpha value is -2.04. The second-order valence-electron chi connectivity index (χ2n) is 4.23. The van der Waals surface area contributed by atoms with Gasteiger partial charge in [-0.2, -0.15) is 0 Å². The van der Waals surface area contributed by atoms with Crippen molar-refractivity contribution >= 4 is 17.6 Å². The van der Waals surface area contributed by atoms with E-state index in [0.717, 1.165) is 11.3 Å². The van der Waals surface area contributed by atoms with Crippen LogP contribution in [0.5, 0.6) is 0 Å². The monoisotopic (exact) mass is 248 g/mol. The zero-order valence-electron chi connectivity index (χ0n) is 10.7. The SMILES string of the molecule is COC(=O)[C@H]1COC(c2ccc(N(C)C)cc2)=N1. The van der Waals surface area contributed by atoms with Crippen LogP contribution in [0.1, 0.15) is 5.56 Å². The molecule has 1 aliphatic rings. The molecule has 96 valence electrons. The van der Waals surface area contributed by atoms with Crippen LogP contribution < -0.4 is 4.90 Å². The summed E-state index contributed by atoms with van der Waals surface area (Å²) >= 11 is 0. The average Bonchev–Trinajstić information content (AvgIpc) is 2.87. The fourth-order valence-corrected chi connectivity index (χ4v) is 1.69. The number of esters is 1. The predicted molar refractivity (Wildman–Crippen MR) is 69.1 cm³/mol. The third-order valence-corrected chi connectivity index (χ3v) is 2.75. The minimum atomic E-state index is -0.543. The third-order valence-electron chi connectivity index (χ3n) is 2.75. The van der Waals surface area contributed by atoms with Gasteiger partial charge >= 0.3 is 5.97 Å². The van der Waals surface area contributed by atoms with Crippen LogP contribution in [0.15, 0.2) is 29.3 Å². The quantitative estimate of drug-likeness (QED) is 0.751. The smallest absolute Gasteiger partial charge is 0.334 e. The number of carbonyl (C=O) groups is 1. The molecule has 1 aromatic carbocycles. The number of anilines is 1. The number of methoxy groups -OCH3 is 1. The van der Waals surface area contributed by atoms with E-state index in [1.165, 1.54) is 7.11 Å². The maximum absolute atomic E-state index is 11.3. The first-order chi connectivity index (χ1) is 8.61. The number of hydrogen-bond acceptors (Lipinski definition) is 5. The summed E-state index contributed by atoms with van der Waals surface area (Å²) in [6.45, 7) is 0.247. The van der Waals surface area contributed by atoms with Gasteiger partial charge in [-0.15, -0.1) is 0 Å². The van der Waals surface area contributed by atoms with Crippen LogP contribution in [0, 0.1) is 0 Å². The molecule has 5 nitrogen and oxygen atoms in total. The lowest BCUT2D eigenvalue weighted by molar-refractivity contribution is -0.142. The molecule has 0 aromatic heterocycles. The number of carbonyl (C=O) groups excluding carboxylic acids is 1. The van der Waals surface area contributed by atoms with Crippen LogP contribution in [0.2, 0.25) is 0 Å². The Labute approximate surface area is 106 Å². The van der Waals surface area contributed by atoms with Gasteiger partial charge in [0.15, 0.2) is 6.04 Å². The van der Waals surface area contributed by atoms with Gasteiger partial charge in [0, 0.05) is 25.3 Å². The Balaban J connectivity index is 2.15. The molecule has 0 fully saturated rings. The molecule has 5 heteroatoms. The van der Waals surface area contributed by atoms with Crippen molar-refractivity contribution in [2.75, 3.05) is 32.7 Å². The molecule has 0 aliphatic carbocycles. The van der Waals surface area contributed by atoms with Crippen LogP contribution in [-0.4, -0.2) is 45.7 Å². The molecule has 0 N–H and O–H groups in total. The molecule has 0 saturated heterocycles. The van der Waals surface area contributed by atoms with Gasteiger partial charge in [-0.1, -0.05) is 0 Å². The van der Waals surface area contributed by atoms with Crippen molar-refractivity contribution in [1.82, 2.24) is 0 Å². The maximum atomic E-state index is 11.3. The van der Waals surface area contributed by atoms with E-state index in [1.54, 1.807) is 0 Å². The van der Waals surface area contributed by atoms with Crippen LogP contribution in [-0.2, 0) is 14.3 Å². The molecule has 1 aliphatic heterocycles. The second kappa shape index (κ2) is 5.08. The molecule has 0 spiro atoms. The first-order valence-corrected chi connectivity index (χ1v) is 5.68. The summed E-state index contributed by atoms with van der Waals surface area (Å²) in [5, 5.41) is 0. The Morgan fingerprint density at radius 1 is 1.39 bits per heavy atom. The maximum Gasteiger partial charge on any atom is 0.334 e. The van der Waals surface area contributed by atoms with Gasteiger partial charge in [-0.05, 0) is 24.3 Å². The third kappa shape index (κ3) is 2.45. The highest BCUT2D eigenvalue weighted by Crippen LogP contribution is 2.17. The van der Waals surface area contributed by atoms with E-state index in [2.05, 4.69) is 9.73 Å². The van der Waals surface area contributed by atoms with Gasteiger partial charge in [0.2, 0.25) is 5.90 Å². The lowest BCUT2D eigenvalue weighted by Gasteiger charge is -2.12. The molecule has 0 amide bonds. The number of rotatable bonds is 3.